The fourth-order valence-corrected chi connectivity index (χ4v) is 2.21. The summed E-state index contributed by atoms with van der Waals surface area (Å²) < 4.78 is 10.5. The lowest BCUT2D eigenvalue weighted by Crippen LogP contribution is -2.45. The van der Waals surface area contributed by atoms with Gasteiger partial charge in [-0.25, -0.2) is 4.79 Å². The molecule has 0 saturated carbocycles. The molecule has 0 radical (unpaired) electrons. The van der Waals surface area contributed by atoms with Gasteiger partial charge in [-0.2, -0.15) is 0 Å². The summed E-state index contributed by atoms with van der Waals surface area (Å²) in [4.78, 5) is 13.3. The van der Waals surface area contributed by atoms with Crippen LogP contribution in [0, 0.1) is 0 Å². The van der Waals surface area contributed by atoms with Gasteiger partial charge in [0.15, 0.2) is 0 Å². The number of carbonyl (C=O) groups is 1. The molecule has 5 nitrogen and oxygen atoms in total. The predicted molar refractivity (Wildman–Crippen MR) is 54.8 cm³/mol. The Hall–Kier alpha value is -0.810. The highest BCUT2D eigenvalue weighted by atomic mass is 16.6. The van der Waals surface area contributed by atoms with Gasteiger partial charge in [-0.3, -0.25) is 0 Å². The number of piperidine rings is 1. The van der Waals surface area contributed by atoms with Crippen LogP contribution < -0.4 is 5.32 Å². The van der Waals surface area contributed by atoms with E-state index < -0.39 is 0 Å². The van der Waals surface area contributed by atoms with Crippen LogP contribution in [-0.2, 0) is 9.47 Å². The molecule has 2 aliphatic rings. The Kier molecular flexibility index (Phi) is 3.11. The smallest absolute Gasteiger partial charge is 0.410 e. The second kappa shape index (κ2) is 4.37. The zero-order valence-corrected chi connectivity index (χ0v) is 9.12. The molecule has 2 heterocycles. The molecule has 1 amide bonds. The Morgan fingerprint density at radius 3 is 2.93 bits per heavy atom. The fourth-order valence-electron chi connectivity index (χ4n) is 2.21. The monoisotopic (exact) mass is 214 g/mol. The van der Waals surface area contributed by atoms with Crippen molar-refractivity contribution >= 4 is 6.09 Å². The number of nitrogens with zero attached hydrogens (tertiary/aromatic N) is 1. The van der Waals surface area contributed by atoms with Crippen molar-refractivity contribution < 1.29 is 14.3 Å². The average molecular weight is 214 g/mol. The van der Waals surface area contributed by atoms with Crippen LogP contribution in [0.25, 0.3) is 0 Å². The molecule has 0 aromatic rings. The van der Waals surface area contributed by atoms with E-state index in [-0.39, 0.29) is 11.7 Å². The highest BCUT2D eigenvalue weighted by molar-refractivity contribution is 5.70. The Balaban J connectivity index is 1.92. The van der Waals surface area contributed by atoms with Crippen molar-refractivity contribution in [2.45, 2.75) is 18.4 Å². The van der Waals surface area contributed by atoms with Crippen molar-refractivity contribution in [3.8, 4) is 0 Å². The maximum absolute atomic E-state index is 11.6. The molecule has 0 atom stereocenters. The average Bonchev–Trinajstić information content (AvgIpc) is 2.53. The Labute approximate surface area is 89.7 Å². The van der Waals surface area contributed by atoms with Crippen molar-refractivity contribution in [3.63, 3.8) is 0 Å². The molecule has 0 aliphatic carbocycles. The summed E-state index contributed by atoms with van der Waals surface area (Å²) in [5.41, 5.74) is -0.226. The number of hydrogen-bond donors (Lipinski definition) is 1. The summed E-state index contributed by atoms with van der Waals surface area (Å²) in [5.74, 6) is 0. The Morgan fingerprint density at radius 2 is 2.27 bits per heavy atom. The molecule has 0 unspecified atom stereocenters. The molecule has 0 aromatic carbocycles. The first-order valence-electron chi connectivity index (χ1n) is 5.43. The van der Waals surface area contributed by atoms with E-state index in [9.17, 15) is 4.79 Å². The third-order valence-corrected chi connectivity index (χ3v) is 3.12. The number of nitrogens with one attached hydrogen (secondary N) is 1. The first-order valence-corrected chi connectivity index (χ1v) is 5.43. The van der Waals surface area contributed by atoms with Gasteiger partial charge in [0, 0.05) is 26.5 Å². The van der Waals surface area contributed by atoms with E-state index in [1.165, 1.54) is 0 Å². The van der Waals surface area contributed by atoms with Gasteiger partial charge in [-0.1, -0.05) is 0 Å². The molecule has 15 heavy (non-hydrogen) atoms. The van der Waals surface area contributed by atoms with Crippen LogP contribution in [0.15, 0.2) is 0 Å². The summed E-state index contributed by atoms with van der Waals surface area (Å²) in [7, 11) is 1.64. The van der Waals surface area contributed by atoms with E-state index in [1.54, 1.807) is 12.0 Å². The van der Waals surface area contributed by atoms with Crippen LogP contribution in [0.1, 0.15) is 12.8 Å². The number of methoxy groups -OCH3 is 1. The second-order valence-corrected chi connectivity index (χ2v) is 4.22. The maximum atomic E-state index is 11.6. The van der Waals surface area contributed by atoms with E-state index in [2.05, 4.69) is 5.32 Å². The van der Waals surface area contributed by atoms with Crippen molar-refractivity contribution in [2.24, 2.45) is 0 Å². The predicted octanol–water partition coefficient (Wildman–Crippen LogP) is 0.207. The van der Waals surface area contributed by atoms with Crippen molar-refractivity contribution in [1.82, 2.24) is 10.2 Å². The van der Waals surface area contributed by atoms with Gasteiger partial charge in [0.25, 0.3) is 0 Å². The van der Waals surface area contributed by atoms with Crippen molar-refractivity contribution in [3.05, 3.63) is 0 Å². The first kappa shape index (κ1) is 10.7. The molecule has 0 aromatic heterocycles. The van der Waals surface area contributed by atoms with Crippen LogP contribution in [0.5, 0.6) is 0 Å². The summed E-state index contributed by atoms with van der Waals surface area (Å²) in [6.45, 7) is 3.79. The standard InChI is InChI=1S/C10H18N2O3/c1-14-7-6-12-8-10(15-9(12)13)2-4-11-5-3-10/h11H,2-8H2,1H3. The maximum Gasteiger partial charge on any atom is 0.410 e. The molecule has 5 heteroatoms. The molecule has 2 aliphatic heterocycles. The Bertz CT molecular complexity index is 239. The van der Waals surface area contributed by atoms with Gasteiger partial charge in [0.1, 0.15) is 5.60 Å². The minimum atomic E-state index is -0.226. The highest BCUT2D eigenvalue weighted by Crippen LogP contribution is 2.30. The van der Waals surface area contributed by atoms with Gasteiger partial charge in [-0.15, -0.1) is 0 Å². The third kappa shape index (κ3) is 2.23. The SMILES string of the molecule is COCCN1CC2(CCNCC2)OC1=O. The lowest BCUT2D eigenvalue weighted by atomic mass is 9.92. The lowest BCUT2D eigenvalue weighted by Gasteiger charge is -2.31. The van der Waals surface area contributed by atoms with Crippen LogP contribution in [-0.4, -0.2) is 56.5 Å². The quantitative estimate of drug-likeness (QED) is 0.729. The molecular formula is C10H18N2O3. The minimum Gasteiger partial charge on any atom is -0.441 e. The van der Waals surface area contributed by atoms with Gasteiger partial charge >= 0.3 is 6.09 Å². The molecule has 2 fully saturated rings. The fraction of sp³-hybridized carbons (Fsp3) is 0.900. The van der Waals surface area contributed by atoms with Crippen molar-refractivity contribution in [1.29, 1.82) is 0 Å². The summed E-state index contributed by atoms with van der Waals surface area (Å²) in [6, 6.07) is 0. The molecular weight excluding hydrogens is 196 g/mol. The first-order chi connectivity index (χ1) is 7.26. The number of amides is 1. The molecule has 86 valence electrons. The van der Waals surface area contributed by atoms with E-state index in [0.29, 0.717) is 13.2 Å². The van der Waals surface area contributed by atoms with E-state index >= 15 is 0 Å². The highest BCUT2D eigenvalue weighted by Gasteiger charge is 2.45. The molecule has 1 N–H and O–H groups in total. The minimum absolute atomic E-state index is 0.186. The Morgan fingerprint density at radius 1 is 1.53 bits per heavy atom. The zero-order valence-electron chi connectivity index (χ0n) is 9.12. The molecule has 2 rings (SSSR count). The lowest BCUT2D eigenvalue weighted by molar-refractivity contribution is 0.0316. The largest absolute Gasteiger partial charge is 0.441 e. The zero-order chi connectivity index (χ0) is 10.7. The van der Waals surface area contributed by atoms with Gasteiger partial charge < -0.3 is 19.7 Å². The number of carbonyl (C=O) groups excluding carboxylic acids is 1. The van der Waals surface area contributed by atoms with E-state index in [1.807, 2.05) is 0 Å². The van der Waals surface area contributed by atoms with Crippen LogP contribution in [0.3, 0.4) is 0 Å². The molecule has 2 saturated heterocycles. The normalized spacial score (nSPS) is 24.6. The number of rotatable bonds is 3. The molecule has 0 bridgehead atoms. The van der Waals surface area contributed by atoms with E-state index in [0.717, 1.165) is 32.5 Å². The van der Waals surface area contributed by atoms with Crippen LogP contribution in [0.2, 0.25) is 0 Å². The summed E-state index contributed by atoms with van der Waals surface area (Å²) >= 11 is 0. The number of hydrogen-bond acceptors (Lipinski definition) is 4. The molecule has 1 spiro atoms. The van der Waals surface area contributed by atoms with Crippen molar-refractivity contribution in [2.75, 3.05) is 39.9 Å². The third-order valence-electron chi connectivity index (χ3n) is 3.12. The van der Waals surface area contributed by atoms with Gasteiger partial charge in [-0.05, 0) is 13.1 Å². The van der Waals surface area contributed by atoms with Crippen LogP contribution in [0.4, 0.5) is 4.79 Å². The van der Waals surface area contributed by atoms with Gasteiger partial charge in [0.05, 0.1) is 13.2 Å². The summed E-state index contributed by atoms with van der Waals surface area (Å²) in [5, 5.41) is 3.27. The van der Waals surface area contributed by atoms with Crippen LogP contribution >= 0.6 is 0 Å². The van der Waals surface area contributed by atoms with Gasteiger partial charge in [0.2, 0.25) is 0 Å². The number of ether oxygens (including phenoxy) is 2. The summed E-state index contributed by atoms with van der Waals surface area (Å²) in [6.07, 6.45) is 1.65. The van der Waals surface area contributed by atoms with E-state index in [4.69, 9.17) is 9.47 Å². The second-order valence-electron chi connectivity index (χ2n) is 4.22. The topological polar surface area (TPSA) is 50.8 Å².